The van der Waals surface area contributed by atoms with E-state index >= 15 is 0 Å². The van der Waals surface area contributed by atoms with Gasteiger partial charge in [-0.15, -0.1) is 0 Å². The van der Waals surface area contributed by atoms with Gasteiger partial charge in [0.25, 0.3) is 0 Å². The number of hydrogen-bond donors (Lipinski definition) is 1. The summed E-state index contributed by atoms with van der Waals surface area (Å²) in [5.41, 5.74) is 7.40. The zero-order valence-electron chi connectivity index (χ0n) is 8.56. The van der Waals surface area contributed by atoms with Crippen LogP contribution in [0.1, 0.15) is 24.3 Å². The predicted molar refractivity (Wildman–Crippen MR) is 61.7 cm³/mol. The van der Waals surface area contributed by atoms with E-state index in [2.05, 4.69) is 29.2 Å². The second kappa shape index (κ2) is 3.31. The fourth-order valence-electron chi connectivity index (χ4n) is 2.37. The first-order valence-electron chi connectivity index (χ1n) is 5.44. The van der Waals surface area contributed by atoms with Crippen molar-refractivity contribution in [3.8, 4) is 0 Å². The van der Waals surface area contributed by atoms with Crippen molar-refractivity contribution in [1.29, 1.82) is 0 Å². The smallest absolute Gasteiger partial charge is 0.0349 e. The molecule has 0 bridgehead atoms. The Labute approximate surface area is 89.1 Å². The lowest BCUT2D eigenvalue weighted by Gasteiger charge is -2.34. The van der Waals surface area contributed by atoms with Crippen LogP contribution < -0.4 is 5.73 Å². The Morgan fingerprint density at radius 3 is 2.87 bits per heavy atom. The molecule has 2 aromatic rings. The van der Waals surface area contributed by atoms with Crippen molar-refractivity contribution in [3.05, 3.63) is 42.2 Å². The fraction of sp³-hybridized carbons (Fsp3) is 0.308. The molecule has 1 heterocycles. The van der Waals surface area contributed by atoms with Gasteiger partial charge < -0.3 is 5.73 Å². The Hall–Kier alpha value is -1.41. The maximum Gasteiger partial charge on any atom is 0.0349 e. The normalized spacial score (nSPS) is 25.1. The van der Waals surface area contributed by atoms with Gasteiger partial charge in [-0.1, -0.05) is 18.2 Å². The molecule has 2 heteroatoms. The van der Waals surface area contributed by atoms with Crippen molar-refractivity contribution in [2.24, 2.45) is 5.73 Å². The van der Waals surface area contributed by atoms with E-state index in [1.54, 1.807) is 0 Å². The number of pyridine rings is 1. The van der Waals surface area contributed by atoms with Gasteiger partial charge in [-0.05, 0) is 35.8 Å². The molecular formula is C13H14N2. The average Bonchev–Trinajstić information content (AvgIpc) is 2.28. The van der Waals surface area contributed by atoms with Gasteiger partial charge in [0.05, 0.1) is 0 Å². The standard InChI is InChI=1S/C13H14N2/c14-13-5-4-11(13)10-3-1-2-9-6-7-15-8-12(9)10/h1-3,6-8,11,13H,4-5,14H2. The maximum atomic E-state index is 6.03. The lowest BCUT2D eigenvalue weighted by atomic mass is 9.74. The molecule has 1 aliphatic rings. The Balaban J connectivity index is 2.17. The van der Waals surface area contributed by atoms with Gasteiger partial charge >= 0.3 is 0 Å². The van der Waals surface area contributed by atoms with Crippen LogP contribution in [0, 0.1) is 0 Å². The summed E-state index contributed by atoms with van der Waals surface area (Å²) in [6, 6.07) is 8.83. The number of aromatic nitrogens is 1. The van der Waals surface area contributed by atoms with Crippen LogP contribution in [0.15, 0.2) is 36.7 Å². The van der Waals surface area contributed by atoms with Gasteiger partial charge in [-0.2, -0.15) is 0 Å². The highest BCUT2D eigenvalue weighted by Crippen LogP contribution is 2.38. The summed E-state index contributed by atoms with van der Waals surface area (Å²) in [6.45, 7) is 0. The molecule has 1 aliphatic carbocycles. The SMILES string of the molecule is NC1CCC1c1cccc2ccncc12. The molecule has 2 unspecified atom stereocenters. The number of fused-ring (bicyclic) bond motifs is 1. The molecule has 0 aliphatic heterocycles. The van der Waals surface area contributed by atoms with Crippen molar-refractivity contribution in [1.82, 2.24) is 4.98 Å². The summed E-state index contributed by atoms with van der Waals surface area (Å²) >= 11 is 0. The van der Waals surface area contributed by atoms with Gasteiger partial charge in [-0.25, -0.2) is 0 Å². The van der Waals surface area contributed by atoms with Crippen LogP contribution in [0.25, 0.3) is 10.8 Å². The van der Waals surface area contributed by atoms with Crippen LogP contribution in [0.3, 0.4) is 0 Å². The Bertz CT molecular complexity index is 487. The highest BCUT2D eigenvalue weighted by molar-refractivity contribution is 5.85. The van der Waals surface area contributed by atoms with Crippen molar-refractivity contribution in [3.63, 3.8) is 0 Å². The summed E-state index contributed by atoms with van der Waals surface area (Å²) in [7, 11) is 0. The monoisotopic (exact) mass is 198 g/mol. The average molecular weight is 198 g/mol. The van der Waals surface area contributed by atoms with Gasteiger partial charge in [0.1, 0.15) is 0 Å². The predicted octanol–water partition coefficient (Wildman–Crippen LogP) is 2.44. The first-order valence-corrected chi connectivity index (χ1v) is 5.44. The summed E-state index contributed by atoms with van der Waals surface area (Å²) in [5.74, 6) is 0.540. The van der Waals surface area contributed by atoms with Crippen LogP contribution in [0.2, 0.25) is 0 Å². The summed E-state index contributed by atoms with van der Waals surface area (Å²) < 4.78 is 0. The Kier molecular flexibility index (Phi) is 1.96. The number of benzene rings is 1. The van der Waals surface area contributed by atoms with E-state index in [0.29, 0.717) is 12.0 Å². The fourth-order valence-corrected chi connectivity index (χ4v) is 2.37. The molecule has 0 saturated heterocycles. The van der Waals surface area contributed by atoms with E-state index in [-0.39, 0.29) is 0 Å². The van der Waals surface area contributed by atoms with Crippen LogP contribution >= 0.6 is 0 Å². The molecule has 0 radical (unpaired) electrons. The zero-order chi connectivity index (χ0) is 10.3. The van der Waals surface area contributed by atoms with Crippen LogP contribution in [-0.4, -0.2) is 11.0 Å². The third-order valence-corrected chi connectivity index (χ3v) is 3.44. The zero-order valence-corrected chi connectivity index (χ0v) is 8.56. The van der Waals surface area contributed by atoms with E-state index in [1.165, 1.54) is 22.8 Å². The highest BCUT2D eigenvalue weighted by atomic mass is 14.7. The Morgan fingerprint density at radius 2 is 2.13 bits per heavy atom. The van der Waals surface area contributed by atoms with Crippen LogP contribution in [0.5, 0.6) is 0 Å². The largest absolute Gasteiger partial charge is 0.327 e. The summed E-state index contributed by atoms with van der Waals surface area (Å²) in [4.78, 5) is 4.20. The van der Waals surface area contributed by atoms with Gasteiger partial charge in [0, 0.05) is 23.8 Å². The molecule has 0 spiro atoms. The van der Waals surface area contributed by atoms with Crippen molar-refractivity contribution in [2.75, 3.05) is 0 Å². The molecule has 1 saturated carbocycles. The number of hydrogen-bond acceptors (Lipinski definition) is 2. The highest BCUT2D eigenvalue weighted by Gasteiger charge is 2.29. The Morgan fingerprint density at radius 1 is 1.20 bits per heavy atom. The maximum absolute atomic E-state index is 6.03. The van der Waals surface area contributed by atoms with Crippen molar-refractivity contribution in [2.45, 2.75) is 24.8 Å². The second-order valence-corrected chi connectivity index (χ2v) is 4.29. The minimum absolute atomic E-state index is 0.343. The number of nitrogens with zero attached hydrogens (tertiary/aromatic N) is 1. The van der Waals surface area contributed by atoms with Crippen LogP contribution in [-0.2, 0) is 0 Å². The van der Waals surface area contributed by atoms with Gasteiger partial charge in [-0.3, -0.25) is 4.98 Å². The third kappa shape index (κ3) is 1.33. The van der Waals surface area contributed by atoms with E-state index in [1.807, 2.05) is 12.4 Å². The third-order valence-electron chi connectivity index (χ3n) is 3.44. The molecule has 2 N–H and O–H groups in total. The topological polar surface area (TPSA) is 38.9 Å². The molecule has 3 rings (SSSR count). The number of rotatable bonds is 1. The molecule has 1 aromatic carbocycles. The molecule has 0 amide bonds. The van der Waals surface area contributed by atoms with E-state index in [4.69, 9.17) is 5.73 Å². The molecule has 1 aromatic heterocycles. The van der Waals surface area contributed by atoms with E-state index in [9.17, 15) is 0 Å². The first-order chi connectivity index (χ1) is 7.36. The molecule has 2 nitrogen and oxygen atoms in total. The minimum atomic E-state index is 0.343. The molecule has 15 heavy (non-hydrogen) atoms. The molecule has 76 valence electrons. The van der Waals surface area contributed by atoms with Crippen LogP contribution in [0.4, 0.5) is 0 Å². The van der Waals surface area contributed by atoms with Crippen molar-refractivity contribution >= 4 is 10.8 Å². The lowest BCUT2D eigenvalue weighted by Crippen LogP contribution is -2.37. The van der Waals surface area contributed by atoms with Gasteiger partial charge in [0.2, 0.25) is 0 Å². The minimum Gasteiger partial charge on any atom is -0.327 e. The lowest BCUT2D eigenvalue weighted by molar-refractivity contribution is 0.348. The van der Waals surface area contributed by atoms with E-state index in [0.717, 1.165) is 6.42 Å². The molecule has 2 atom stereocenters. The molecular weight excluding hydrogens is 184 g/mol. The van der Waals surface area contributed by atoms with Gasteiger partial charge in [0.15, 0.2) is 0 Å². The summed E-state index contributed by atoms with van der Waals surface area (Å²) in [6.07, 6.45) is 6.17. The first kappa shape index (κ1) is 8.86. The van der Waals surface area contributed by atoms with Crippen molar-refractivity contribution < 1.29 is 0 Å². The summed E-state index contributed by atoms with van der Waals surface area (Å²) in [5, 5.41) is 2.53. The quantitative estimate of drug-likeness (QED) is 0.764. The number of nitrogens with two attached hydrogens (primary N) is 1. The molecule has 1 fully saturated rings. The van der Waals surface area contributed by atoms with E-state index < -0.39 is 0 Å². The second-order valence-electron chi connectivity index (χ2n) is 4.29.